The second kappa shape index (κ2) is 12.9. The fourth-order valence-corrected chi connectivity index (χ4v) is 3.60. The van der Waals surface area contributed by atoms with Gasteiger partial charge in [-0.2, -0.15) is 5.10 Å². The van der Waals surface area contributed by atoms with Crippen molar-refractivity contribution >= 4 is 34.7 Å². The molecule has 7 heteroatoms. The van der Waals surface area contributed by atoms with Gasteiger partial charge in [-0.25, -0.2) is 9.80 Å². The number of aliphatic imine (C=N–C) groups is 1. The third-order valence-corrected chi connectivity index (χ3v) is 5.51. The Morgan fingerprint density at radius 2 is 1.92 bits per heavy atom. The minimum Gasteiger partial charge on any atom is -0.488 e. The summed E-state index contributed by atoms with van der Waals surface area (Å²) >= 11 is 6.05. The van der Waals surface area contributed by atoms with Gasteiger partial charge in [-0.05, 0) is 54.8 Å². The first-order valence-electron chi connectivity index (χ1n) is 11.2. The second-order valence-electron chi connectivity index (χ2n) is 7.70. The first-order chi connectivity index (χ1) is 17.5. The summed E-state index contributed by atoms with van der Waals surface area (Å²) in [6.07, 6.45) is 21.1. The van der Waals surface area contributed by atoms with Gasteiger partial charge in [0, 0.05) is 10.6 Å². The quantitative estimate of drug-likeness (QED) is 0.376. The molecule has 2 aromatic rings. The predicted molar refractivity (Wildman–Crippen MR) is 146 cm³/mol. The number of ether oxygens (including phenoxy) is 1. The summed E-state index contributed by atoms with van der Waals surface area (Å²) in [5.41, 5.74) is 4.16. The van der Waals surface area contributed by atoms with Crippen molar-refractivity contribution in [2.75, 3.05) is 13.3 Å². The summed E-state index contributed by atoms with van der Waals surface area (Å²) in [7, 11) is 0. The van der Waals surface area contributed by atoms with Crippen molar-refractivity contribution < 1.29 is 14.6 Å². The fourth-order valence-electron chi connectivity index (χ4n) is 3.48. The number of halogens is 1. The van der Waals surface area contributed by atoms with Crippen LogP contribution in [0.3, 0.4) is 0 Å². The number of carbonyl (C=O) groups is 1. The van der Waals surface area contributed by atoms with Gasteiger partial charge < -0.3 is 9.84 Å². The highest BCUT2D eigenvalue weighted by atomic mass is 35.5. The number of hydrazone groups is 1. The van der Waals surface area contributed by atoms with E-state index in [1.165, 1.54) is 6.92 Å². The third kappa shape index (κ3) is 6.84. The largest absolute Gasteiger partial charge is 0.488 e. The number of para-hydroxylation sites is 1. The van der Waals surface area contributed by atoms with E-state index in [0.717, 1.165) is 28.8 Å². The van der Waals surface area contributed by atoms with E-state index in [1.807, 2.05) is 66.8 Å². The number of allylic oxidation sites excluding steroid dienone is 5. The van der Waals surface area contributed by atoms with Gasteiger partial charge in [-0.3, -0.25) is 4.99 Å². The van der Waals surface area contributed by atoms with Gasteiger partial charge in [0.2, 0.25) is 0 Å². The molecule has 1 aliphatic heterocycles. The minimum absolute atomic E-state index is 0.0324. The number of nitrogens with zero attached hydrogens (tertiary/aromatic N) is 3. The number of benzene rings is 2. The van der Waals surface area contributed by atoms with Crippen LogP contribution in [0.1, 0.15) is 24.5 Å². The second-order valence-corrected chi connectivity index (χ2v) is 8.14. The molecule has 1 aliphatic carbocycles. The average molecular weight is 500 g/mol. The Kier molecular flexibility index (Phi) is 9.44. The van der Waals surface area contributed by atoms with Crippen molar-refractivity contribution in [2.45, 2.75) is 13.3 Å². The lowest BCUT2D eigenvalue weighted by Crippen LogP contribution is -2.25. The zero-order valence-corrected chi connectivity index (χ0v) is 20.6. The molecular weight excluding hydrogens is 474 g/mol. The standard InChI is InChI=1S/C27H24ClN3O3.C2H2/c1-19(27(32)33)30-31-18-29-24(21-12-14-22(28)15-13-21)16-25(31)23-10-6-7-11-26(23)34-17-20-8-4-2-3-5-9-20;1-2/h2,4-16H,3,17-18H2,1H3,(H,32,33);1-2H/b30-19+;. The number of hydrogen-bond donors (Lipinski definition) is 1. The van der Waals surface area contributed by atoms with Crippen molar-refractivity contribution in [1.29, 1.82) is 0 Å². The zero-order valence-electron chi connectivity index (χ0n) is 19.8. The van der Waals surface area contributed by atoms with Gasteiger partial charge in [0.25, 0.3) is 0 Å². The van der Waals surface area contributed by atoms with Crippen LogP contribution in [-0.2, 0) is 4.79 Å². The van der Waals surface area contributed by atoms with Crippen molar-refractivity contribution in [1.82, 2.24) is 5.01 Å². The molecule has 1 heterocycles. The van der Waals surface area contributed by atoms with Crippen LogP contribution < -0.4 is 4.74 Å². The van der Waals surface area contributed by atoms with Crippen LogP contribution >= 0.6 is 11.6 Å². The number of aliphatic carboxylic acids is 1. The lowest BCUT2D eigenvalue weighted by Gasteiger charge is -2.26. The van der Waals surface area contributed by atoms with Crippen LogP contribution in [0.15, 0.2) is 101 Å². The Labute approximate surface area is 216 Å². The van der Waals surface area contributed by atoms with Gasteiger partial charge in [0.15, 0.2) is 0 Å². The fraction of sp³-hybridized carbons (Fsp3) is 0.138. The van der Waals surface area contributed by atoms with Gasteiger partial charge in [-0.1, -0.05) is 66.2 Å². The molecule has 182 valence electrons. The number of terminal acetylenes is 1. The monoisotopic (exact) mass is 499 g/mol. The van der Waals surface area contributed by atoms with Gasteiger partial charge in [0.05, 0.1) is 11.4 Å². The van der Waals surface area contributed by atoms with Crippen LogP contribution in [0, 0.1) is 12.8 Å². The highest BCUT2D eigenvalue weighted by molar-refractivity contribution is 6.34. The maximum Gasteiger partial charge on any atom is 0.351 e. The molecule has 6 nitrogen and oxygen atoms in total. The minimum atomic E-state index is -1.09. The van der Waals surface area contributed by atoms with E-state index in [0.29, 0.717) is 23.1 Å². The van der Waals surface area contributed by atoms with Crippen molar-refractivity contribution in [3.63, 3.8) is 0 Å². The van der Waals surface area contributed by atoms with E-state index in [9.17, 15) is 9.90 Å². The van der Waals surface area contributed by atoms with E-state index in [-0.39, 0.29) is 12.4 Å². The smallest absolute Gasteiger partial charge is 0.351 e. The molecular formula is C29H26ClN3O3. The third-order valence-electron chi connectivity index (χ3n) is 5.25. The van der Waals surface area contributed by atoms with Crippen LogP contribution in [0.2, 0.25) is 5.02 Å². The first-order valence-corrected chi connectivity index (χ1v) is 11.5. The van der Waals surface area contributed by atoms with Crippen molar-refractivity contribution in [2.24, 2.45) is 10.1 Å². The summed E-state index contributed by atoms with van der Waals surface area (Å²) in [6.45, 7) is 2.03. The maximum atomic E-state index is 11.4. The predicted octanol–water partition coefficient (Wildman–Crippen LogP) is 5.97. The molecule has 0 saturated carbocycles. The first kappa shape index (κ1) is 26.3. The highest BCUT2D eigenvalue weighted by Gasteiger charge is 2.22. The van der Waals surface area contributed by atoms with E-state index < -0.39 is 5.97 Å². The number of carboxylic acid groups (broad SMARTS) is 1. The summed E-state index contributed by atoms with van der Waals surface area (Å²) < 4.78 is 6.20. The molecule has 0 unspecified atom stereocenters. The Hall–Kier alpha value is -4.34. The van der Waals surface area contributed by atoms with Gasteiger partial charge in [-0.15, -0.1) is 12.8 Å². The Balaban J connectivity index is 0.00000176. The highest BCUT2D eigenvalue weighted by Crippen LogP contribution is 2.32. The molecule has 0 aromatic heterocycles. The molecule has 4 rings (SSSR count). The van der Waals surface area contributed by atoms with Crippen LogP contribution in [0.25, 0.3) is 5.70 Å². The zero-order chi connectivity index (χ0) is 25.9. The van der Waals surface area contributed by atoms with E-state index in [2.05, 4.69) is 41.2 Å². The van der Waals surface area contributed by atoms with Crippen molar-refractivity contribution in [3.05, 3.63) is 107 Å². The lowest BCUT2D eigenvalue weighted by molar-refractivity contribution is -0.129. The summed E-state index contributed by atoms with van der Waals surface area (Å²) in [5.74, 6) is -0.418. The van der Waals surface area contributed by atoms with E-state index in [1.54, 1.807) is 5.01 Å². The molecule has 0 bridgehead atoms. The number of carboxylic acids is 1. The Morgan fingerprint density at radius 3 is 2.67 bits per heavy atom. The summed E-state index contributed by atoms with van der Waals surface area (Å²) in [5, 5.41) is 15.9. The molecule has 2 aromatic carbocycles. The summed E-state index contributed by atoms with van der Waals surface area (Å²) in [4.78, 5) is 16.1. The van der Waals surface area contributed by atoms with Crippen molar-refractivity contribution in [3.8, 4) is 18.6 Å². The molecule has 0 radical (unpaired) electrons. The normalized spacial score (nSPS) is 15.1. The number of hydrogen-bond acceptors (Lipinski definition) is 5. The van der Waals surface area contributed by atoms with Crippen LogP contribution in [0.4, 0.5) is 0 Å². The molecule has 0 spiro atoms. The van der Waals surface area contributed by atoms with E-state index >= 15 is 0 Å². The SMILES string of the molecule is C#C.C/C(=N\N1CN=C(c2ccc(Cl)cc2)C=C1c1ccccc1OCC1=CC=CCC=C1)C(=O)O. The Morgan fingerprint density at radius 1 is 1.17 bits per heavy atom. The average Bonchev–Trinajstić information content (AvgIpc) is 3.18. The molecule has 0 fully saturated rings. The molecule has 0 atom stereocenters. The summed E-state index contributed by atoms with van der Waals surface area (Å²) in [6, 6.07) is 15.1. The van der Waals surface area contributed by atoms with Crippen LogP contribution in [-0.4, -0.2) is 40.8 Å². The molecule has 0 amide bonds. The Bertz CT molecular complexity index is 1300. The topological polar surface area (TPSA) is 74.5 Å². The maximum absolute atomic E-state index is 11.4. The molecule has 0 saturated heterocycles. The molecule has 1 N–H and O–H groups in total. The van der Waals surface area contributed by atoms with Crippen LogP contribution in [0.5, 0.6) is 5.75 Å². The number of rotatable bonds is 7. The van der Waals surface area contributed by atoms with E-state index in [4.69, 9.17) is 16.3 Å². The van der Waals surface area contributed by atoms with Gasteiger partial charge >= 0.3 is 5.97 Å². The van der Waals surface area contributed by atoms with Gasteiger partial charge in [0.1, 0.15) is 24.7 Å². The molecule has 36 heavy (non-hydrogen) atoms. The molecule has 2 aliphatic rings. The lowest BCUT2D eigenvalue weighted by atomic mass is 10.0.